The van der Waals surface area contributed by atoms with Gasteiger partial charge in [-0.3, -0.25) is 9.59 Å². The molecule has 1 atom stereocenters. The summed E-state index contributed by atoms with van der Waals surface area (Å²) in [4.78, 5) is 23.1. The van der Waals surface area contributed by atoms with Crippen LogP contribution in [-0.2, 0) is 9.53 Å². The maximum atomic E-state index is 12.1. The SMILES string of the molecule is CC(C)CC(C)OCCC(=O)Nc1cccc(-c2ccc(=O)[nH]n2)c1. The van der Waals surface area contributed by atoms with Gasteiger partial charge in [0.2, 0.25) is 5.91 Å². The molecule has 0 radical (unpaired) electrons. The summed E-state index contributed by atoms with van der Waals surface area (Å²) in [5.74, 6) is 0.483. The van der Waals surface area contributed by atoms with Crippen LogP contribution in [0.3, 0.4) is 0 Å². The number of benzene rings is 1. The Morgan fingerprint density at radius 1 is 1.24 bits per heavy atom. The molecule has 0 aliphatic rings. The van der Waals surface area contributed by atoms with Gasteiger partial charge in [0.25, 0.3) is 5.56 Å². The van der Waals surface area contributed by atoms with Crippen LogP contribution in [0.25, 0.3) is 11.3 Å². The van der Waals surface area contributed by atoms with Gasteiger partial charge in [-0.25, -0.2) is 5.10 Å². The van der Waals surface area contributed by atoms with Crippen molar-refractivity contribution in [2.24, 2.45) is 5.92 Å². The van der Waals surface area contributed by atoms with Crippen molar-refractivity contribution < 1.29 is 9.53 Å². The average Bonchev–Trinajstić information content (AvgIpc) is 2.55. The molecule has 1 aromatic heterocycles. The highest BCUT2D eigenvalue weighted by molar-refractivity contribution is 5.91. The van der Waals surface area contributed by atoms with Gasteiger partial charge in [-0.1, -0.05) is 26.0 Å². The third-order valence-electron chi connectivity index (χ3n) is 3.66. The zero-order chi connectivity index (χ0) is 18.2. The van der Waals surface area contributed by atoms with Crippen molar-refractivity contribution in [3.8, 4) is 11.3 Å². The molecule has 0 fully saturated rings. The first-order valence-electron chi connectivity index (χ1n) is 8.51. The molecule has 0 saturated carbocycles. The van der Waals surface area contributed by atoms with Crippen molar-refractivity contribution in [2.75, 3.05) is 11.9 Å². The van der Waals surface area contributed by atoms with Crippen molar-refractivity contribution in [3.63, 3.8) is 0 Å². The first-order chi connectivity index (χ1) is 11.9. The topological polar surface area (TPSA) is 84.1 Å². The molecular weight excluding hydrogens is 318 g/mol. The van der Waals surface area contributed by atoms with E-state index in [9.17, 15) is 9.59 Å². The highest BCUT2D eigenvalue weighted by Crippen LogP contribution is 2.19. The van der Waals surface area contributed by atoms with Gasteiger partial charge in [-0.15, -0.1) is 0 Å². The normalized spacial score (nSPS) is 12.2. The summed E-state index contributed by atoms with van der Waals surface area (Å²) in [5.41, 5.74) is 1.89. The number of nitrogens with one attached hydrogen (secondary N) is 2. The van der Waals surface area contributed by atoms with Crippen LogP contribution < -0.4 is 10.9 Å². The van der Waals surface area contributed by atoms with Crippen LogP contribution in [-0.4, -0.2) is 28.8 Å². The van der Waals surface area contributed by atoms with E-state index < -0.39 is 0 Å². The number of aromatic amines is 1. The van der Waals surface area contributed by atoms with E-state index in [0.717, 1.165) is 12.0 Å². The number of anilines is 1. The number of carbonyl (C=O) groups is 1. The van der Waals surface area contributed by atoms with E-state index in [1.807, 2.05) is 31.2 Å². The number of hydrogen-bond acceptors (Lipinski definition) is 4. The van der Waals surface area contributed by atoms with Crippen molar-refractivity contribution in [1.29, 1.82) is 0 Å². The lowest BCUT2D eigenvalue weighted by molar-refractivity contribution is -0.117. The number of hydrogen-bond donors (Lipinski definition) is 2. The Hall–Kier alpha value is -2.47. The molecule has 1 amide bonds. The van der Waals surface area contributed by atoms with Crippen LogP contribution in [0, 0.1) is 5.92 Å². The Bertz CT molecular complexity index is 735. The molecule has 2 N–H and O–H groups in total. The third-order valence-corrected chi connectivity index (χ3v) is 3.66. The lowest BCUT2D eigenvalue weighted by atomic mass is 10.1. The molecule has 6 nitrogen and oxygen atoms in total. The maximum Gasteiger partial charge on any atom is 0.264 e. The summed E-state index contributed by atoms with van der Waals surface area (Å²) in [5, 5.41) is 9.25. The predicted octanol–water partition coefficient (Wildman–Crippen LogP) is 3.22. The second-order valence-corrected chi connectivity index (χ2v) is 6.50. The average molecular weight is 343 g/mol. The summed E-state index contributed by atoms with van der Waals surface area (Å²) in [7, 11) is 0. The lowest BCUT2D eigenvalue weighted by Crippen LogP contribution is -2.18. The Kier molecular flexibility index (Phi) is 6.89. The minimum Gasteiger partial charge on any atom is -0.378 e. The van der Waals surface area contributed by atoms with E-state index in [-0.39, 0.29) is 17.6 Å². The standard InChI is InChI=1S/C19H25N3O3/c1-13(2)11-14(3)25-10-9-18(23)20-16-6-4-5-15(12-16)17-7-8-19(24)22-21-17/h4-8,12-14H,9-11H2,1-3H3,(H,20,23)(H,22,24). The highest BCUT2D eigenvalue weighted by Gasteiger charge is 2.08. The molecule has 0 saturated heterocycles. The van der Waals surface area contributed by atoms with Crippen molar-refractivity contribution in [2.45, 2.75) is 39.7 Å². The van der Waals surface area contributed by atoms with Gasteiger partial charge < -0.3 is 10.1 Å². The van der Waals surface area contributed by atoms with Crippen molar-refractivity contribution in [3.05, 3.63) is 46.8 Å². The Morgan fingerprint density at radius 3 is 2.72 bits per heavy atom. The molecule has 1 aromatic carbocycles. The number of amides is 1. The second-order valence-electron chi connectivity index (χ2n) is 6.50. The monoisotopic (exact) mass is 343 g/mol. The number of ether oxygens (including phenoxy) is 1. The molecule has 2 aromatic rings. The number of carbonyl (C=O) groups excluding carboxylic acids is 1. The molecule has 2 rings (SSSR count). The van der Waals surface area contributed by atoms with Gasteiger partial charge >= 0.3 is 0 Å². The molecule has 1 unspecified atom stereocenters. The molecule has 25 heavy (non-hydrogen) atoms. The van der Waals surface area contributed by atoms with Crippen LogP contribution in [0.2, 0.25) is 0 Å². The van der Waals surface area contributed by atoms with E-state index in [1.54, 1.807) is 6.07 Å². The van der Waals surface area contributed by atoms with E-state index in [2.05, 4.69) is 29.4 Å². The number of rotatable bonds is 8. The smallest absolute Gasteiger partial charge is 0.264 e. The number of H-pyrrole nitrogens is 1. The summed E-state index contributed by atoms with van der Waals surface area (Å²) in [6.07, 6.45) is 1.45. The number of aromatic nitrogens is 2. The van der Waals surface area contributed by atoms with Gasteiger partial charge in [0.1, 0.15) is 0 Å². The minimum absolute atomic E-state index is 0.0941. The highest BCUT2D eigenvalue weighted by atomic mass is 16.5. The molecule has 1 heterocycles. The molecule has 0 bridgehead atoms. The Labute approximate surface area is 147 Å². The van der Waals surface area contributed by atoms with Crippen LogP contribution in [0.4, 0.5) is 5.69 Å². The lowest BCUT2D eigenvalue weighted by Gasteiger charge is -2.15. The first kappa shape index (κ1) is 18.9. The maximum absolute atomic E-state index is 12.1. The summed E-state index contributed by atoms with van der Waals surface area (Å²) < 4.78 is 5.66. The van der Waals surface area contributed by atoms with Gasteiger partial charge in [-0.2, -0.15) is 5.10 Å². The fourth-order valence-electron chi connectivity index (χ4n) is 2.57. The predicted molar refractivity (Wildman–Crippen MR) is 98.4 cm³/mol. The summed E-state index contributed by atoms with van der Waals surface area (Å²) >= 11 is 0. The van der Waals surface area contributed by atoms with Crippen molar-refractivity contribution >= 4 is 11.6 Å². The fourth-order valence-corrected chi connectivity index (χ4v) is 2.57. The summed E-state index contributed by atoms with van der Waals surface area (Å²) in [6.45, 7) is 6.73. The van der Waals surface area contributed by atoms with Crippen molar-refractivity contribution in [1.82, 2.24) is 10.2 Å². The van der Waals surface area contributed by atoms with E-state index >= 15 is 0 Å². The molecular formula is C19H25N3O3. The Morgan fingerprint density at radius 2 is 2.04 bits per heavy atom. The van der Waals surface area contributed by atoms with Crippen LogP contribution in [0.5, 0.6) is 0 Å². The van der Waals surface area contributed by atoms with Crippen LogP contribution >= 0.6 is 0 Å². The Balaban J connectivity index is 1.88. The minimum atomic E-state index is -0.250. The van der Waals surface area contributed by atoms with Gasteiger partial charge in [0.15, 0.2) is 0 Å². The number of nitrogens with zero attached hydrogens (tertiary/aromatic N) is 1. The largest absolute Gasteiger partial charge is 0.378 e. The molecule has 6 heteroatoms. The zero-order valence-corrected chi connectivity index (χ0v) is 14.9. The quantitative estimate of drug-likeness (QED) is 0.771. The van der Waals surface area contributed by atoms with E-state index in [4.69, 9.17) is 4.74 Å². The molecule has 0 aliphatic carbocycles. The first-order valence-corrected chi connectivity index (χ1v) is 8.51. The van der Waals surface area contributed by atoms with Crippen LogP contribution in [0.1, 0.15) is 33.6 Å². The molecule has 0 aliphatic heterocycles. The molecule has 0 spiro atoms. The van der Waals surface area contributed by atoms with E-state index in [1.165, 1.54) is 6.07 Å². The van der Waals surface area contributed by atoms with Gasteiger partial charge in [0.05, 0.1) is 24.8 Å². The third kappa shape index (κ3) is 6.51. The second kappa shape index (κ2) is 9.13. The van der Waals surface area contributed by atoms with E-state index in [0.29, 0.717) is 30.3 Å². The van der Waals surface area contributed by atoms with Crippen LogP contribution in [0.15, 0.2) is 41.2 Å². The van der Waals surface area contributed by atoms with Gasteiger partial charge in [0, 0.05) is 17.3 Å². The van der Waals surface area contributed by atoms with Gasteiger partial charge in [-0.05, 0) is 37.5 Å². The fraction of sp³-hybridized carbons (Fsp3) is 0.421. The molecule has 134 valence electrons. The summed E-state index contributed by atoms with van der Waals surface area (Å²) in [6, 6.07) is 10.4. The zero-order valence-electron chi connectivity index (χ0n) is 14.9.